The van der Waals surface area contributed by atoms with Gasteiger partial charge in [0.05, 0.1) is 0 Å². The van der Waals surface area contributed by atoms with Crippen molar-refractivity contribution in [3.8, 4) is 0 Å². The van der Waals surface area contributed by atoms with Crippen LogP contribution < -0.4 is 5.32 Å². The number of likely N-dealkylation sites (N-methyl/N-ethyl adjacent to an activating group) is 1. The van der Waals surface area contributed by atoms with Crippen LogP contribution >= 0.6 is 0 Å². The summed E-state index contributed by atoms with van der Waals surface area (Å²) in [5.41, 5.74) is 0. The maximum Gasteiger partial charge on any atom is 0.105 e. The lowest BCUT2D eigenvalue weighted by Gasteiger charge is -2.18. The van der Waals surface area contributed by atoms with E-state index in [1.807, 2.05) is 13.2 Å². The van der Waals surface area contributed by atoms with Crippen LogP contribution in [0.3, 0.4) is 0 Å². The molecule has 0 aliphatic heterocycles. The van der Waals surface area contributed by atoms with E-state index in [1.54, 1.807) is 0 Å². The Labute approximate surface area is 80.2 Å². The van der Waals surface area contributed by atoms with Gasteiger partial charge in [-0.25, -0.2) is 4.98 Å². The van der Waals surface area contributed by atoms with E-state index in [4.69, 9.17) is 0 Å². The van der Waals surface area contributed by atoms with E-state index in [1.165, 1.54) is 12.8 Å². The van der Waals surface area contributed by atoms with Crippen molar-refractivity contribution in [3.63, 3.8) is 0 Å². The smallest absolute Gasteiger partial charge is 0.105 e. The van der Waals surface area contributed by atoms with Crippen molar-refractivity contribution in [1.29, 1.82) is 0 Å². The molecular weight excluding hydrogens is 162 g/mol. The first kappa shape index (κ1) is 10.3. The van der Waals surface area contributed by atoms with E-state index in [0.29, 0.717) is 6.04 Å². The van der Waals surface area contributed by atoms with Crippen LogP contribution in [0.5, 0.6) is 0 Å². The Morgan fingerprint density at radius 2 is 2.38 bits per heavy atom. The lowest BCUT2D eigenvalue weighted by Crippen LogP contribution is -2.22. The van der Waals surface area contributed by atoms with Crippen molar-refractivity contribution >= 4 is 0 Å². The van der Waals surface area contributed by atoms with Gasteiger partial charge in [-0.2, -0.15) is 0 Å². The minimum atomic E-state index is 0.553. The minimum absolute atomic E-state index is 0.553. The Bertz CT molecular complexity index is 236. The second-order valence-corrected chi connectivity index (χ2v) is 3.38. The monoisotopic (exact) mass is 181 g/mol. The summed E-state index contributed by atoms with van der Waals surface area (Å²) in [6, 6.07) is 0.553. The zero-order valence-corrected chi connectivity index (χ0v) is 8.75. The van der Waals surface area contributed by atoms with Gasteiger partial charge >= 0.3 is 0 Å². The molecule has 1 rings (SSSR count). The van der Waals surface area contributed by atoms with Crippen molar-refractivity contribution in [2.24, 2.45) is 0 Å². The van der Waals surface area contributed by atoms with Crippen LogP contribution in [-0.4, -0.2) is 23.1 Å². The van der Waals surface area contributed by atoms with Crippen LogP contribution in [0.25, 0.3) is 0 Å². The molecule has 3 heteroatoms. The van der Waals surface area contributed by atoms with E-state index in [9.17, 15) is 0 Å². The highest BCUT2D eigenvalue weighted by Crippen LogP contribution is 2.14. The molecule has 1 aromatic heterocycles. The first-order valence-electron chi connectivity index (χ1n) is 4.93. The van der Waals surface area contributed by atoms with Crippen molar-refractivity contribution in [2.45, 2.75) is 32.7 Å². The molecule has 3 nitrogen and oxygen atoms in total. The normalized spacial score (nSPS) is 13.2. The Morgan fingerprint density at radius 1 is 1.62 bits per heavy atom. The molecule has 0 fully saturated rings. The zero-order chi connectivity index (χ0) is 9.68. The van der Waals surface area contributed by atoms with Gasteiger partial charge in [0.15, 0.2) is 0 Å². The van der Waals surface area contributed by atoms with Gasteiger partial charge in [0.2, 0.25) is 0 Å². The van der Waals surface area contributed by atoms with Gasteiger partial charge in [0.25, 0.3) is 0 Å². The van der Waals surface area contributed by atoms with Gasteiger partial charge in [0.1, 0.15) is 5.82 Å². The summed E-state index contributed by atoms with van der Waals surface area (Å²) < 4.78 is 2.25. The maximum absolute atomic E-state index is 4.24. The third-order valence-electron chi connectivity index (χ3n) is 2.32. The molecule has 74 valence electrons. The summed E-state index contributed by atoms with van der Waals surface area (Å²) >= 11 is 0. The molecule has 0 radical (unpaired) electrons. The molecule has 0 aliphatic carbocycles. The average molecular weight is 181 g/mol. The fourth-order valence-electron chi connectivity index (χ4n) is 1.68. The molecule has 13 heavy (non-hydrogen) atoms. The SMILES string of the molecule is CCCC(CNC)n1ccnc1C. The van der Waals surface area contributed by atoms with Gasteiger partial charge in [-0.05, 0) is 20.4 Å². The number of imidazole rings is 1. The standard InChI is InChI=1S/C10H19N3/c1-4-5-10(8-11-3)13-7-6-12-9(13)2/h6-7,10-11H,4-5,8H2,1-3H3. The first-order valence-corrected chi connectivity index (χ1v) is 4.93. The fourth-order valence-corrected chi connectivity index (χ4v) is 1.68. The van der Waals surface area contributed by atoms with E-state index in [-0.39, 0.29) is 0 Å². The van der Waals surface area contributed by atoms with Crippen LogP contribution in [0.2, 0.25) is 0 Å². The van der Waals surface area contributed by atoms with Crippen molar-refractivity contribution in [3.05, 3.63) is 18.2 Å². The quantitative estimate of drug-likeness (QED) is 0.750. The van der Waals surface area contributed by atoms with Crippen LogP contribution in [0.4, 0.5) is 0 Å². The molecule has 0 bridgehead atoms. The molecule has 1 N–H and O–H groups in total. The highest BCUT2D eigenvalue weighted by Gasteiger charge is 2.09. The molecule has 0 aliphatic rings. The van der Waals surface area contributed by atoms with E-state index in [0.717, 1.165) is 12.4 Å². The predicted molar refractivity (Wildman–Crippen MR) is 54.8 cm³/mol. The Morgan fingerprint density at radius 3 is 2.85 bits per heavy atom. The van der Waals surface area contributed by atoms with Gasteiger partial charge < -0.3 is 9.88 Å². The second kappa shape index (κ2) is 5.02. The van der Waals surface area contributed by atoms with Gasteiger partial charge in [0, 0.05) is 25.0 Å². The second-order valence-electron chi connectivity index (χ2n) is 3.38. The fraction of sp³-hybridized carbons (Fsp3) is 0.700. The van der Waals surface area contributed by atoms with Crippen molar-refractivity contribution < 1.29 is 0 Å². The molecule has 1 heterocycles. The van der Waals surface area contributed by atoms with Crippen LogP contribution in [0.15, 0.2) is 12.4 Å². The van der Waals surface area contributed by atoms with Gasteiger partial charge in [-0.15, -0.1) is 0 Å². The number of nitrogens with one attached hydrogen (secondary N) is 1. The summed E-state index contributed by atoms with van der Waals surface area (Å²) in [5, 5.41) is 3.22. The zero-order valence-electron chi connectivity index (χ0n) is 8.75. The van der Waals surface area contributed by atoms with Crippen LogP contribution in [0, 0.1) is 6.92 Å². The molecule has 1 aromatic rings. The average Bonchev–Trinajstić information content (AvgIpc) is 2.51. The third-order valence-corrected chi connectivity index (χ3v) is 2.32. The first-order chi connectivity index (χ1) is 6.29. The Kier molecular flexibility index (Phi) is 3.96. The summed E-state index contributed by atoms with van der Waals surface area (Å²) in [4.78, 5) is 4.24. The molecule has 0 saturated carbocycles. The number of aryl methyl sites for hydroxylation is 1. The Balaban J connectivity index is 2.69. The molecule has 0 aromatic carbocycles. The molecule has 0 amide bonds. The van der Waals surface area contributed by atoms with Gasteiger partial charge in [-0.1, -0.05) is 13.3 Å². The van der Waals surface area contributed by atoms with E-state index < -0.39 is 0 Å². The maximum atomic E-state index is 4.24. The number of aromatic nitrogens is 2. The molecule has 1 atom stereocenters. The van der Waals surface area contributed by atoms with Crippen molar-refractivity contribution in [1.82, 2.24) is 14.9 Å². The number of nitrogens with zero attached hydrogens (tertiary/aromatic N) is 2. The highest BCUT2D eigenvalue weighted by molar-refractivity contribution is 4.92. The van der Waals surface area contributed by atoms with E-state index >= 15 is 0 Å². The molecular formula is C10H19N3. The Hall–Kier alpha value is -0.830. The highest BCUT2D eigenvalue weighted by atomic mass is 15.1. The molecule has 0 saturated heterocycles. The summed E-state index contributed by atoms with van der Waals surface area (Å²) in [7, 11) is 1.99. The lowest BCUT2D eigenvalue weighted by molar-refractivity contribution is 0.435. The minimum Gasteiger partial charge on any atom is -0.331 e. The summed E-state index contributed by atoms with van der Waals surface area (Å²) in [6.45, 7) is 5.29. The number of hydrogen-bond acceptors (Lipinski definition) is 2. The van der Waals surface area contributed by atoms with Crippen molar-refractivity contribution in [2.75, 3.05) is 13.6 Å². The largest absolute Gasteiger partial charge is 0.331 e. The third kappa shape index (κ3) is 2.56. The van der Waals surface area contributed by atoms with E-state index in [2.05, 4.69) is 34.9 Å². The number of rotatable bonds is 5. The summed E-state index contributed by atoms with van der Waals surface area (Å²) in [6.07, 6.45) is 6.35. The number of hydrogen-bond donors (Lipinski definition) is 1. The predicted octanol–water partition coefficient (Wildman–Crippen LogP) is 1.75. The van der Waals surface area contributed by atoms with Gasteiger partial charge in [-0.3, -0.25) is 0 Å². The lowest BCUT2D eigenvalue weighted by atomic mass is 10.1. The molecule has 0 spiro atoms. The summed E-state index contributed by atoms with van der Waals surface area (Å²) in [5.74, 6) is 1.11. The van der Waals surface area contributed by atoms with Crippen LogP contribution in [-0.2, 0) is 0 Å². The van der Waals surface area contributed by atoms with Crippen LogP contribution in [0.1, 0.15) is 31.6 Å². The molecule has 1 unspecified atom stereocenters. The topological polar surface area (TPSA) is 29.9 Å².